The average molecular weight is 387 g/mol. The van der Waals surface area contributed by atoms with Crippen molar-refractivity contribution >= 4 is 22.4 Å². The maximum absolute atomic E-state index is 13.5. The van der Waals surface area contributed by atoms with Gasteiger partial charge in [0.15, 0.2) is 11.5 Å². The first kappa shape index (κ1) is 19.8. The van der Waals surface area contributed by atoms with E-state index in [0.29, 0.717) is 54.9 Å². The molecule has 1 heterocycles. The third kappa shape index (κ3) is 5.05. The molecule has 0 saturated heterocycles. The maximum atomic E-state index is 13.5. The number of hydrogen-bond acceptors (Lipinski definition) is 7. The number of aromatic nitrogens is 2. The van der Waals surface area contributed by atoms with Crippen LogP contribution >= 0.6 is 0 Å². The number of ether oxygens (including phenoxy) is 4. The molecule has 8 heteroatoms. The molecule has 0 fully saturated rings. The smallest absolute Gasteiger partial charge is 0.163 e. The van der Waals surface area contributed by atoms with Crippen LogP contribution in [0.4, 0.5) is 15.9 Å². The molecule has 0 atom stereocenters. The summed E-state index contributed by atoms with van der Waals surface area (Å²) in [6.07, 6.45) is 1.44. The summed E-state index contributed by atoms with van der Waals surface area (Å²) in [6.45, 7) is 1.63. The fourth-order valence-electron chi connectivity index (χ4n) is 2.56. The molecule has 0 saturated carbocycles. The topological polar surface area (TPSA) is 74.7 Å². The fraction of sp³-hybridized carbons (Fsp3) is 0.300. The second-order valence-corrected chi connectivity index (χ2v) is 5.86. The van der Waals surface area contributed by atoms with Crippen molar-refractivity contribution in [3.05, 3.63) is 48.5 Å². The van der Waals surface area contributed by atoms with Gasteiger partial charge in [0, 0.05) is 31.4 Å². The van der Waals surface area contributed by atoms with Crippen molar-refractivity contribution in [2.24, 2.45) is 0 Å². The zero-order valence-electron chi connectivity index (χ0n) is 15.8. The van der Waals surface area contributed by atoms with Crippen molar-refractivity contribution in [2.75, 3.05) is 46.0 Å². The van der Waals surface area contributed by atoms with Crippen molar-refractivity contribution in [2.45, 2.75) is 0 Å². The normalized spacial score (nSPS) is 10.8. The number of nitrogens with one attached hydrogen (secondary N) is 1. The molecule has 1 N–H and O–H groups in total. The van der Waals surface area contributed by atoms with Crippen LogP contribution in [0, 0.1) is 5.82 Å². The van der Waals surface area contributed by atoms with E-state index in [4.69, 9.17) is 18.9 Å². The maximum Gasteiger partial charge on any atom is 0.163 e. The van der Waals surface area contributed by atoms with Gasteiger partial charge in [0.1, 0.15) is 31.2 Å². The molecule has 0 spiro atoms. The summed E-state index contributed by atoms with van der Waals surface area (Å²) in [7, 11) is 3.21. The van der Waals surface area contributed by atoms with E-state index >= 15 is 0 Å². The molecule has 0 aliphatic carbocycles. The monoisotopic (exact) mass is 387 g/mol. The molecule has 3 aromatic rings. The van der Waals surface area contributed by atoms with Crippen LogP contribution < -0.4 is 14.8 Å². The first-order valence-corrected chi connectivity index (χ1v) is 8.76. The predicted octanol–water partition coefficient (Wildman–Crippen LogP) is 3.56. The Morgan fingerprint density at radius 3 is 2.29 bits per heavy atom. The second kappa shape index (κ2) is 9.82. The summed E-state index contributed by atoms with van der Waals surface area (Å²) in [5.74, 6) is 1.30. The van der Waals surface area contributed by atoms with Crippen LogP contribution in [0.25, 0.3) is 10.9 Å². The Morgan fingerprint density at radius 2 is 1.61 bits per heavy atom. The van der Waals surface area contributed by atoms with Gasteiger partial charge in [0.05, 0.1) is 18.7 Å². The fourth-order valence-corrected chi connectivity index (χ4v) is 2.56. The largest absolute Gasteiger partial charge is 0.487 e. The molecule has 0 unspecified atom stereocenters. The van der Waals surface area contributed by atoms with Crippen LogP contribution in [0.3, 0.4) is 0 Å². The van der Waals surface area contributed by atoms with E-state index < -0.39 is 0 Å². The zero-order chi connectivity index (χ0) is 19.8. The molecule has 2 aromatic carbocycles. The van der Waals surface area contributed by atoms with E-state index in [-0.39, 0.29) is 5.82 Å². The van der Waals surface area contributed by atoms with Gasteiger partial charge >= 0.3 is 0 Å². The summed E-state index contributed by atoms with van der Waals surface area (Å²) in [6, 6.07) is 9.75. The van der Waals surface area contributed by atoms with Gasteiger partial charge in [0.2, 0.25) is 0 Å². The molecule has 148 valence electrons. The lowest BCUT2D eigenvalue weighted by atomic mass is 10.2. The lowest BCUT2D eigenvalue weighted by molar-refractivity contribution is 0.132. The van der Waals surface area contributed by atoms with Crippen molar-refractivity contribution < 1.29 is 23.3 Å². The summed E-state index contributed by atoms with van der Waals surface area (Å²) >= 11 is 0. The SMILES string of the molecule is COCCOc1cc2ncnc(Nc3cccc(F)c3)c2cc1OCCOC. The van der Waals surface area contributed by atoms with Crippen LogP contribution in [0.2, 0.25) is 0 Å². The van der Waals surface area contributed by atoms with Gasteiger partial charge in [-0.2, -0.15) is 0 Å². The van der Waals surface area contributed by atoms with Gasteiger partial charge in [-0.25, -0.2) is 14.4 Å². The Labute approximate surface area is 162 Å². The molecule has 0 bridgehead atoms. The first-order valence-electron chi connectivity index (χ1n) is 8.76. The van der Waals surface area contributed by atoms with E-state index in [2.05, 4.69) is 15.3 Å². The number of fused-ring (bicyclic) bond motifs is 1. The Hall–Kier alpha value is -2.97. The van der Waals surface area contributed by atoms with Crippen LogP contribution in [0.1, 0.15) is 0 Å². The molecular formula is C20H22FN3O4. The van der Waals surface area contributed by atoms with Gasteiger partial charge in [-0.1, -0.05) is 6.07 Å². The van der Waals surface area contributed by atoms with E-state index in [1.54, 1.807) is 38.5 Å². The summed E-state index contributed by atoms with van der Waals surface area (Å²) < 4.78 is 35.1. The van der Waals surface area contributed by atoms with Gasteiger partial charge in [-0.3, -0.25) is 0 Å². The number of methoxy groups -OCH3 is 2. The summed E-state index contributed by atoms with van der Waals surface area (Å²) in [5.41, 5.74) is 1.25. The highest BCUT2D eigenvalue weighted by molar-refractivity contribution is 5.93. The van der Waals surface area contributed by atoms with Gasteiger partial charge in [-0.05, 0) is 24.3 Å². The Balaban J connectivity index is 1.95. The lowest BCUT2D eigenvalue weighted by Crippen LogP contribution is -2.09. The highest BCUT2D eigenvalue weighted by Crippen LogP contribution is 2.35. The van der Waals surface area contributed by atoms with Crippen LogP contribution in [-0.2, 0) is 9.47 Å². The molecular weight excluding hydrogens is 365 g/mol. The zero-order valence-corrected chi connectivity index (χ0v) is 15.8. The second-order valence-electron chi connectivity index (χ2n) is 5.86. The van der Waals surface area contributed by atoms with Gasteiger partial charge < -0.3 is 24.3 Å². The molecule has 0 aliphatic rings. The third-order valence-corrected chi connectivity index (χ3v) is 3.88. The molecule has 7 nitrogen and oxygen atoms in total. The lowest BCUT2D eigenvalue weighted by Gasteiger charge is -2.15. The highest BCUT2D eigenvalue weighted by Gasteiger charge is 2.13. The minimum Gasteiger partial charge on any atom is -0.487 e. The number of halogens is 1. The van der Waals surface area contributed by atoms with Crippen molar-refractivity contribution in [3.63, 3.8) is 0 Å². The Bertz CT molecular complexity index is 923. The van der Waals surface area contributed by atoms with E-state index in [1.807, 2.05) is 0 Å². The standard InChI is InChI=1S/C20H22FN3O4/c1-25-6-8-27-18-11-16-17(12-19(18)28-9-7-26-2)22-13-23-20(16)24-15-5-3-4-14(21)10-15/h3-5,10-13H,6-9H2,1-2H3,(H,22,23,24). The molecule has 28 heavy (non-hydrogen) atoms. The first-order chi connectivity index (χ1) is 13.7. The molecule has 0 aliphatic heterocycles. The molecule has 0 amide bonds. The molecule has 3 rings (SSSR count). The summed E-state index contributed by atoms with van der Waals surface area (Å²) in [4.78, 5) is 8.60. The van der Waals surface area contributed by atoms with E-state index in [9.17, 15) is 4.39 Å². The summed E-state index contributed by atoms with van der Waals surface area (Å²) in [5, 5.41) is 3.84. The Kier molecular flexibility index (Phi) is 6.94. The van der Waals surface area contributed by atoms with E-state index in [1.165, 1.54) is 18.5 Å². The van der Waals surface area contributed by atoms with Crippen LogP contribution in [-0.4, -0.2) is 50.6 Å². The van der Waals surface area contributed by atoms with Crippen molar-refractivity contribution in [1.29, 1.82) is 0 Å². The molecule has 1 aromatic heterocycles. The van der Waals surface area contributed by atoms with Crippen LogP contribution in [0.5, 0.6) is 11.5 Å². The van der Waals surface area contributed by atoms with Crippen molar-refractivity contribution in [3.8, 4) is 11.5 Å². The number of nitrogens with zero attached hydrogens (tertiary/aromatic N) is 2. The van der Waals surface area contributed by atoms with E-state index in [0.717, 1.165) is 5.39 Å². The minimum atomic E-state index is -0.333. The van der Waals surface area contributed by atoms with Crippen LogP contribution in [0.15, 0.2) is 42.7 Å². The number of hydrogen-bond donors (Lipinski definition) is 1. The Morgan fingerprint density at radius 1 is 0.893 bits per heavy atom. The van der Waals surface area contributed by atoms with Gasteiger partial charge in [-0.15, -0.1) is 0 Å². The third-order valence-electron chi connectivity index (χ3n) is 3.88. The predicted molar refractivity (Wildman–Crippen MR) is 104 cm³/mol. The number of rotatable bonds is 10. The number of anilines is 2. The highest BCUT2D eigenvalue weighted by atomic mass is 19.1. The minimum absolute atomic E-state index is 0.333. The number of benzene rings is 2. The van der Waals surface area contributed by atoms with Gasteiger partial charge in [0.25, 0.3) is 0 Å². The van der Waals surface area contributed by atoms with Crippen molar-refractivity contribution in [1.82, 2.24) is 9.97 Å². The average Bonchev–Trinajstić information content (AvgIpc) is 2.69. The quantitative estimate of drug-likeness (QED) is 0.533. The molecule has 0 radical (unpaired) electrons.